The first-order chi connectivity index (χ1) is 10.9. The third-order valence-corrected chi connectivity index (χ3v) is 10.3. The molecule has 1 rings (SSSR count). The minimum Gasteiger partial charge on any atom is -0.410 e. The van der Waals surface area contributed by atoms with Gasteiger partial charge in [0, 0.05) is 5.38 Å². The summed E-state index contributed by atoms with van der Waals surface area (Å²) in [5.74, 6) is 0. The van der Waals surface area contributed by atoms with Gasteiger partial charge in [-0.15, -0.1) is 11.3 Å². The molecule has 1 heterocycles. The fraction of sp³-hybridized carbons (Fsp3) is 0.611. The van der Waals surface area contributed by atoms with Gasteiger partial charge >= 0.3 is 0 Å². The molecular weight excluding hydrogens is 433 g/mol. The van der Waals surface area contributed by atoms with Gasteiger partial charge in [0.1, 0.15) is 0 Å². The predicted octanol–water partition coefficient (Wildman–Crippen LogP) is 6.97. The zero-order chi connectivity index (χ0) is 17.5. The Kier molecular flexibility index (Phi) is 9.26. The van der Waals surface area contributed by atoms with E-state index in [-0.39, 0.29) is 6.10 Å². The molecule has 0 saturated heterocycles. The van der Waals surface area contributed by atoms with Crippen LogP contribution in [0.4, 0.5) is 0 Å². The van der Waals surface area contributed by atoms with Gasteiger partial charge < -0.3 is 4.43 Å². The number of rotatable bonds is 9. The second-order valence-electron chi connectivity index (χ2n) is 6.06. The number of aromatic nitrogens is 1. The van der Waals surface area contributed by atoms with Crippen LogP contribution in [0.3, 0.4) is 0 Å². The van der Waals surface area contributed by atoms with E-state index in [0.29, 0.717) is 0 Å². The standard InChI is InChI=1S/C18H30INOSSi/c1-7-23(8-2,9-3)21-18(11-10-15(5)19)14(4)12-17-13-22-16(6)20-17/h10,12-13,18H,7-9,11H2,1-6H3/b14-12+,15-10+/t18-/m0/s1. The molecule has 23 heavy (non-hydrogen) atoms. The minimum absolute atomic E-state index is 0.174. The van der Waals surface area contributed by atoms with Crippen LogP contribution in [0.2, 0.25) is 18.1 Å². The maximum atomic E-state index is 6.78. The van der Waals surface area contributed by atoms with E-state index in [9.17, 15) is 0 Å². The Balaban J connectivity index is 3.03. The Bertz CT molecular complexity index is 537. The summed E-state index contributed by atoms with van der Waals surface area (Å²) in [7, 11) is -1.62. The van der Waals surface area contributed by atoms with Crippen molar-refractivity contribution in [2.45, 2.75) is 72.2 Å². The molecule has 0 saturated carbocycles. The molecule has 0 aliphatic carbocycles. The number of hydrogen-bond acceptors (Lipinski definition) is 3. The third-order valence-electron chi connectivity index (χ3n) is 4.46. The van der Waals surface area contributed by atoms with Crippen LogP contribution in [0.5, 0.6) is 0 Å². The van der Waals surface area contributed by atoms with Gasteiger partial charge in [-0.1, -0.05) is 26.8 Å². The maximum absolute atomic E-state index is 6.78. The lowest BCUT2D eigenvalue weighted by molar-refractivity contribution is 0.225. The van der Waals surface area contributed by atoms with Gasteiger partial charge in [-0.25, -0.2) is 4.98 Å². The van der Waals surface area contributed by atoms with Crippen molar-refractivity contribution in [2.75, 3.05) is 0 Å². The first kappa shape index (κ1) is 21.1. The first-order valence-corrected chi connectivity index (χ1v) is 12.9. The first-order valence-electron chi connectivity index (χ1n) is 8.46. The van der Waals surface area contributed by atoms with Gasteiger partial charge in [0.15, 0.2) is 8.32 Å². The SMILES string of the molecule is CC[Si](CC)(CC)O[C@@H](C/C=C(\C)I)/C(C)=C/c1csc(C)n1. The van der Waals surface area contributed by atoms with Gasteiger partial charge in [-0.05, 0) is 83.1 Å². The van der Waals surface area contributed by atoms with Gasteiger partial charge in [-0.3, -0.25) is 0 Å². The second-order valence-corrected chi connectivity index (χ2v) is 13.5. The van der Waals surface area contributed by atoms with Crippen molar-refractivity contribution in [1.29, 1.82) is 0 Å². The number of allylic oxidation sites excluding steroid dienone is 1. The molecule has 0 fully saturated rings. The Labute approximate surface area is 160 Å². The van der Waals surface area contributed by atoms with Crippen LogP contribution >= 0.6 is 33.9 Å². The summed E-state index contributed by atoms with van der Waals surface area (Å²) in [5, 5.41) is 3.24. The van der Waals surface area contributed by atoms with E-state index in [0.717, 1.165) is 17.1 Å². The fourth-order valence-electron chi connectivity index (χ4n) is 2.67. The molecule has 1 aromatic heterocycles. The molecule has 0 N–H and O–H groups in total. The number of halogens is 1. The van der Waals surface area contributed by atoms with E-state index >= 15 is 0 Å². The zero-order valence-corrected chi connectivity index (χ0v) is 19.3. The highest BCUT2D eigenvalue weighted by Gasteiger charge is 2.32. The van der Waals surface area contributed by atoms with E-state index < -0.39 is 8.32 Å². The van der Waals surface area contributed by atoms with E-state index in [1.54, 1.807) is 11.3 Å². The van der Waals surface area contributed by atoms with Crippen molar-refractivity contribution in [1.82, 2.24) is 4.98 Å². The van der Waals surface area contributed by atoms with Crippen LogP contribution in [0, 0.1) is 6.92 Å². The number of thiazole rings is 1. The Hall–Kier alpha value is 0.0169. The van der Waals surface area contributed by atoms with Gasteiger partial charge in [0.2, 0.25) is 0 Å². The Morgan fingerprint density at radius 3 is 2.35 bits per heavy atom. The zero-order valence-electron chi connectivity index (χ0n) is 15.3. The van der Waals surface area contributed by atoms with Crippen molar-refractivity contribution in [3.05, 3.63) is 31.3 Å². The summed E-state index contributed by atoms with van der Waals surface area (Å²) in [4.78, 5) is 4.57. The van der Waals surface area contributed by atoms with Crippen molar-refractivity contribution >= 4 is 48.3 Å². The molecule has 1 aromatic rings. The molecule has 130 valence electrons. The number of hydrogen-bond donors (Lipinski definition) is 0. The topological polar surface area (TPSA) is 22.1 Å². The van der Waals surface area contributed by atoms with Crippen molar-refractivity contribution < 1.29 is 4.43 Å². The molecule has 0 spiro atoms. The number of aryl methyl sites for hydroxylation is 1. The summed E-state index contributed by atoms with van der Waals surface area (Å²) >= 11 is 4.08. The summed E-state index contributed by atoms with van der Waals surface area (Å²) in [6.45, 7) is 13.3. The van der Waals surface area contributed by atoms with Crippen molar-refractivity contribution in [3.8, 4) is 0 Å². The lowest BCUT2D eigenvalue weighted by Gasteiger charge is -2.33. The molecule has 5 heteroatoms. The molecule has 1 atom stereocenters. The van der Waals surface area contributed by atoms with E-state index in [1.807, 2.05) is 0 Å². The largest absolute Gasteiger partial charge is 0.410 e. The van der Waals surface area contributed by atoms with Crippen LogP contribution in [-0.4, -0.2) is 19.4 Å². The van der Waals surface area contributed by atoms with Crippen molar-refractivity contribution in [3.63, 3.8) is 0 Å². The monoisotopic (exact) mass is 463 g/mol. The normalized spacial score (nSPS) is 15.1. The molecular formula is C18H30INOSSi. The van der Waals surface area contributed by atoms with Crippen LogP contribution in [0.1, 0.15) is 51.7 Å². The van der Waals surface area contributed by atoms with Gasteiger partial charge in [0.25, 0.3) is 0 Å². The minimum atomic E-state index is -1.62. The quantitative estimate of drug-likeness (QED) is 0.291. The van der Waals surface area contributed by atoms with E-state index in [1.165, 1.54) is 27.3 Å². The Morgan fingerprint density at radius 1 is 1.30 bits per heavy atom. The molecule has 0 aromatic carbocycles. The second kappa shape index (κ2) is 10.1. The molecule has 0 radical (unpaired) electrons. The van der Waals surface area contributed by atoms with Crippen LogP contribution in [-0.2, 0) is 4.43 Å². The summed E-state index contributed by atoms with van der Waals surface area (Å²) < 4.78 is 8.10. The molecule has 0 aliphatic rings. The average molecular weight is 464 g/mol. The van der Waals surface area contributed by atoms with Gasteiger partial charge in [0.05, 0.1) is 16.8 Å². The number of nitrogens with zero attached hydrogens (tertiary/aromatic N) is 1. The van der Waals surface area contributed by atoms with E-state index in [2.05, 4.69) is 86.6 Å². The molecule has 0 aliphatic heterocycles. The maximum Gasteiger partial charge on any atom is 0.192 e. The third kappa shape index (κ3) is 6.80. The molecule has 0 unspecified atom stereocenters. The van der Waals surface area contributed by atoms with Crippen LogP contribution in [0.25, 0.3) is 6.08 Å². The summed E-state index contributed by atoms with van der Waals surface area (Å²) in [6.07, 6.45) is 5.61. The Morgan fingerprint density at radius 2 is 1.91 bits per heavy atom. The average Bonchev–Trinajstić information content (AvgIpc) is 2.93. The molecule has 2 nitrogen and oxygen atoms in total. The van der Waals surface area contributed by atoms with Crippen molar-refractivity contribution in [2.24, 2.45) is 0 Å². The van der Waals surface area contributed by atoms with E-state index in [4.69, 9.17) is 4.43 Å². The fourth-order valence-corrected chi connectivity index (χ4v) is 6.38. The highest BCUT2D eigenvalue weighted by Crippen LogP contribution is 2.28. The van der Waals surface area contributed by atoms with Crippen LogP contribution < -0.4 is 0 Å². The summed E-state index contributed by atoms with van der Waals surface area (Å²) in [6, 6.07) is 3.56. The highest BCUT2D eigenvalue weighted by atomic mass is 127. The smallest absolute Gasteiger partial charge is 0.192 e. The van der Waals surface area contributed by atoms with Crippen LogP contribution in [0.15, 0.2) is 20.6 Å². The molecule has 0 amide bonds. The molecule has 0 bridgehead atoms. The predicted molar refractivity (Wildman–Crippen MR) is 115 cm³/mol. The summed E-state index contributed by atoms with van der Waals surface area (Å²) in [5.41, 5.74) is 2.35. The highest BCUT2D eigenvalue weighted by molar-refractivity contribution is 14.1. The lowest BCUT2D eigenvalue weighted by Crippen LogP contribution is -2.40. The lowest BCUT2D eigenvalue weighted by atomic mass is 10.1. The van der Waals surface area contributed by atoms with Gasteiger partial charge in [-0.2, -0.15) is 0 Å².